The number of benzene rings is 2. The highest BCUT2D eigenvalue weighted by molar-refractivity contribution is 6.30. The number of piperidine rings is 1. The Morgan fingerprint density at radius 3 is 2.37 bits per heavy atom. The maximum absolute atomic E-state index is 12.6. The minimum Gasteiger partial charge on any atom is -0.342 e. The van der Waals surface area contributed by atoms with Gasteiger partial charge in [0, 0.05) is 29.7 Å². The molecule has 0 aromatic heterocycles. The molecule has 5 heteroatoms. The molecule has 0 spiro atoms. The van der Waals surface area contributed by atoms with E-state index in [1.54, 1.807) is 6.07 Å². The second-order valence-electron chi connectivity index (χ2n) is 7.27. The molecule has 1 N–H and O–H groups in total. The maximum atomic E-state index is 12.6. The van der Waals surface area contributed by atoms with E-state index in [2.05, 4.69) is 5.32 Å². The lowest BCUT2D eigenvalue weighted by Gasteiger charge is -2.31. The SMILES string of the molecule is Cc1ccc(CC(=O)N2CCC(C(=O)Nc3ccc(Cl)cc3C)CC2)cc1. The quantitative estimate of drug-likeness (QED) is 0.850. The molecule has 1 heterocycles. The van der Waals surface area contributed by atoms with E-state index in [-0.39, 0.29) is 17.7 Å². The fourth-order valence-electron chi connectivity index (χ4n) is 3.39. The van der Waals surface area contributed by atoms with Crippen molar-refractivity contribution in [3.63, 3.8) is 0 Å². The summed E-state index contributed by atoms with van der Waals surface area (Å²) in [5.41, 5.74) is 3.96. The van der Waals surface area contributed by atoms with Gasteiger partial charge in [-0.15, -0.1) is 0 Å². The van der Waals surface area contributed by atoms with Gasteiger partial charge in [0.1, 0.15) is 0 Å². The summed E-state index contributed by atoms with van der Waals surface area (Å²) in [5, 5.41) is 3.65. The normalized spacial score (nSPS) is 14.9. The van der Waals surface area contributed by atoms with Crippen molar-refractivity contribution in [3.8, 4) is 0 Å². The number of anilines is 1. The average Bonchev–Trinajstić information content (AvgIpc) is 2.66. The number of amides is 2. The first kappa shape index (κ1) is 19.4. The largest absolute Gasteiger partial charge is 0.342 e. The van der Waals surface area contributed by atoms with Gasteiger partial charge in [0.25, 0.3) is 0 Å². The van der Waals surface area contributed by atoms with Crippen molar-refractivity contribution in [1.29, 1.82) is 0 Å². The lowest BCUT2D eigenvalue weighted by atomic mass is 9.95. The van der Waals surface area contributed by atoms with Gasteiger partial charge in [0.05, 0.1) is 6.42 Å². The summed E-state index contributed by atoms with van der Waals surface area (Å²) in [7, 11) is 0. The third kappa shape index (κ3) is 5.10. The Labute approximate surface area is 165 Å². The molecule has 1 fully saturated rings. The van der Waals surface area contributed by atoms with Gasteiger partial charge in [-0.05, 0) is 56.0 Å². The maximum Gasteiger partial charge on any atom is 0.227 e. The number of nitrogens with zero attached hydrogens (tertiary/aromatic N) is 1. The minimum atomic E-state index is -0.0662. The predicted octanol–water partition coefficient (Wildman–Crippen LogP) is 4.38. The zero-order chi connectivity index (χ0) is 19.4. The second kappa shape index (κ2) is 8.57. The van der Waals surface area contributed by atoms with Crippen LogP contribution in [0.3, 0.4) is 0 Å². The fourth-order valence-corrected chi connectivity index (χ4v) is 3.61. The van der Waals surface area contributed by atoms with Crippen LogP contribution in [0.4, 0.5) is 5.69 Å². The van der Waals surface area contributed by atoms with Gasteiger partial charge in [-0.25, -0.2) is 0 Å². The molecule has 1 aliphatic heterocycles. The van der Waals surface area contributed by atoms with Crippen molar-refractivity contribution >= 4 is 29.1 Å². The molecule has 1 saturated heterocycles. The minimum absolute atomic E-state index is 0.0195. The van der Waals surface area contributed by atoms with Crippen molar-refractivity contribution in [2.24, 2.45) is 5.92 Å². The number of nitrogens with one attached hydrogen (secondary N) is 1. The van der Waals surface area contributed by atoms with Crippen LogP contribution in [0.2, 0.25) is 5.02 Å². The Bertz CT molecular complexity index is 825. The Kier molecular flexibility index (Phi) is 6.17. The van der Waals surface area contributed by atoms with Gasteiger partial charge < -0.3 is 10.2 Å². The van der Waals surface area contributed by atoms with Crippen molar-refractivity contribution in [2.45, 2.75) is 33.1 Å². The van der Waals surface area contributed by atoms with E-state index in [9.17, 15) is 9.59 Å². The van der Waals surface area contributed by atoms with Crippen LogP contribution in [-0.4, -0.2) is 29.8 Å². The molecule has 0 bridgehead atoms. The first-order chi connectivity index (χ1) is 12.9. The number of rotatable bonds is 4. The molecule has 0 unspecified atom stereocenters. The van der Waals surface area contributed by atoms with Crippen LogP contribution in [0.15, 0.2) is 42.5 Å². The first-order valence-electron chi connectivity index (χ1n) is 9.32. The summed E-state index contributed by atoms with van der Waals surface area (Å²) in [5.74, 6) is 0.0841. The standard InChI is InChI=1S/C22H25ClN2O2/c1-15-3-5-17(6-4-15)14-21(26)25-11-9-18(10-12-25)22(27)24-20-8-7-19(23)13-16(20)2/h3-8,13,18H,9-12,14H2,1-2H3,(H,24,27). The third-order valence-corrected chi connectivity index (χ3v) is 5.38. The van der Waals surface area contributed by atoms with E-state index in [4.69, 9.17) is 11.6 Å². The van der Waals surface area contributed by atoms with Crippen LogP contribution in [0, 0.1) is 19.8 Å². The van der Waals surface area contributed by atoms with E-state index >= 15 is 0 Å². The molecule has 0 atom stereocenters. The summed E-state index contributed by atoms with van der Waals surface area (Å²) < 4.78 is 0. The highest BCUT2D eigenvalue weighted by Crippen LogP contribution is 2.23. The van der Waals surface area contributed by atoms with Crippen LogP contribution in [0.5, 0.6) is 0 Å². The van der Waals surface area contributed by atoms with Crippen LogP contribution in [-0.2, 0) is 16.0 Å². The van der Waals surface area contributed by atoms with Gasteiger partial charge in [0.15, 0.2) is 0 Å². The molecule has 142 valence electrons. The third-order valence-electron chi connectivity index (χ3n) is 5.14. The van der Waals surface area contributed by atoms with Crippen LogP contribution < -0.4 is 5.32 Å². The van der Waals surface area contributed by atoms with E-state index in [1.165, 1.54) is 5.56 Å². The molecule has 1 aliphatic rings. The molecule has 0 aliphatic carbocycles. The molecule has 2 amide bonds. The summed E-state index contributed by atoms with van der Waals surface area (Å²) in [4.78, 5) is 26.9. The second-order valence-corrected chi connectivity index (χ2v) is 7.70. The molecule has 3 rings (SSSR count). The van der Waals surface area contributed by atoms with Crippen molar-refractivity contribution < 1.29 is 9.59 Å². The van der Waals surface area contributed by atoms with Gasteiger partial charge in [-0.2, -0.15) is 0 Å². The smallest absolute Gasteiger partial charge is 0.227 e. The number of aryl methyl sites for hydroxylation is 2. The number of likely N-dealkylation sites (tertiary alicyclic amines) is 1. The number of carbonyl (C=O) groups excluding carboxylic acids is 2. The lowest BCUT2D eigenvalue weighted by Crippen LogP contribution is -2.42. The number of halogens is 1. The zero-order valence-corrected chi connectivity index (χ0v) is 16.6. The molecule has 0 radical (unpaired) electrons. The lowest BCUT2D eigenvalue weighted by molar-refractivity contribution is -0.133. The van der Waals surface area contributed by atoms with Crippen molar-refractivity contribution in [2.75, 3.05) is 18.4 Å². The van der Waals surface area contributed by atoms with E-state index in [1.807, 2.05) is 55.1 Å². The predicted molar refractivity (Wildman–Crippen MR) is 109 cm³/mol. The molecule has 4 nitrogen and oxygen atoms in total. The van der Waals surface area contributed by atoms with Crippen molar-refractivity contribution in [1.82, 2.24) is 4.90 Å². The summed E-state index contributed by atoms with van der Waals surface area (Å²) in [6.45, 7) is 5.21. The highest BCUT2D eigenvalue weighted by Gasteiger charge is 2.27. The van der Waals surface area contributed by atoms with Crippen LogP contribution in [0.1, 0.15) is 29.5 Å². The van der Waals surface area contributed by atoms with Gasteiger partial charge in [-0.1, -0.05) is 41.4 Å². The topological polar surface area (TPSA) is 49.4 Å². The summed E-state index contributed by atoms with van der Waals surface area (Å²) in [6, 6.07) is 13.5. The van der Waals surface area contributed by atoms with E-state index in [0.29, 0.717) is 37.4 Å². The Hall–Kier alpha value is -2.33. The number of hydrogen-bond donors (Lipinski definition) is 1. The van der Waals surface area contributed by atoms with Gasteiger partial charge >= 0.3 is 0 Å². The molecule has 27 heavy (non-hydrogen) atoms. The van der Waals surface area contributed by atoms with Crippen LogP contribution in [0.25, 0.3) is 0 Å². The summed E-state index contributed by atoms with van der Waals surface area (Å²) in [6.07, 6.45) is 1.80. The monoisotopic (exact) mass is 384 g/mol. The van der Waals surface area contributed by atoms with Gasteiger partial charge in [-0.3, -0.25) is 9.59 Å². The van der Waals surface area contributed by atoms with Gasteiger partial charge in [0.2, 0.25) is 11.8 Å². The summed E-state index contributed by atoms with van der Waals surface area (Å²) >= 11 is 5.96. The Balaban J connectivity index is 1.51. The van der Waals surface area contributed by atoms with Crippen LogP contribution >= 0.6 is 11.6 Å². The molecular weight excluding hydrogens is 360 g/mol. The molecule has 2 aromatic carbocycles. The zero-order valence-electron chi connectivity index (χ0n) is 15.8. The van der Waals surface area contributed by atoms with E-state index in [0.717, 1.165) is 16.8 Å². The average molecular weight is 385 g/mol. The molecule has 2 aromatic rings. The Morgan fingerprint density at radius 1 is 1.07 bits per heavy atom. The Morgan fingerprint density at radius 2 is 1.74 bits per heavy atom. The fraction of sp³-hybridized carbons (Fsp3) is 0.364. The molecule has 0 saturated carbocycles. The van der Waals surface area contributed by atoms with E-state index < -0.39 is 0 Å². The van der Waals surface area contributed by atoms with Crippen molar-refractivity contribution in [3.05, 3.63) is 64.2 Å². The number of hydrogen-bond acceptors (Lipinski definition) is 2. The molecular formula is C22H25ClN2O2. The highest BCUT2D eigenvalue weighted by atomic mass is 35.5. The first-order valence-corrected chi connectivity index (χ1v) is 9.70. The number of carbonyl (C=O) groups is 2.